The number of piperidine rings is 1. The highest BCUT2D eigenvalue weighted by Gasteiger charge is 2.27. The van der Waals surface area contributed by atoms with E-state index < -0.39 is 6.04 Å². The lowest BCUT2D eigenvalue weighted by Crippen LogP contribution is -2.53. The topological polar surface area (TPSA) is 61.4 Å². The molecule has 0 bridgehead atoms. The van der Waals surface area contributed by atoms with Gasteiger partial charge in [0.15, 0.2) is 0 Å². The highest BCUT2D eigenvalue weighted by Crippen LogP contribution is 2.17. The number of hydrogen-bond acceptors (Lipinski definition) is 2. The van der Waals surface area contributed by atoms with Crippen LogP contribution in [0.15, 0.2) is 30.3 Å². The van der Waals surface area contributed by atoms with Crippen LogP contribution in [0, 0.1) is 0 Å². The zero-order valence-corrected chi connectivity index (χ0v) is 14.2. The van der Waals surface area contributed by atoms with Crippen molar-refractivity contribution in [1.82, 2.24) is 15.5 Å². The molecule has 1 aliphatic heterocycles. The molecule has 0 aromatic heterocycles. The standard InChI is InChI=1S/C18H27N3O2/c1-13-9-7-8-12-21(13)17(22)15(3)20-18(23)19-14(2)16-10-5-4-6-11-16/h4-6,10-11,13-15H,7-9,12H2,1-3H3,(H2,19,20,23). The highest BCUT2D eigenvalue weighted by molar-refractivity contribution is 5.87. The second kappa shape index (κ2) is 7.99. The van der Waals surface area contributed by atoms with Gasteiger partial charge in [0.05, 0.1) is 6.04 Å². The Morgan fingerprint density at radius 2 is 1.83 bits per heavy atom. The van der Waals surface area contributed by atoms with Crippen molar-refractivity contribution in [2.75, 3.05) is 6.54 Å². The Morgan fingerprint density at radius 1 is 1.13 bits per heavy atom. The van der Waals surface area contributed by atoms with Crippen molar-refractivity contribution in [2.24, 2.45) is 0 Å². The van der Waals surface area contributed by atoms with Gasteiger partial charge in [-0.15, -0.1) is 0 Å². The molecule has 1 fully saturated rings. The first kappa shape index (κ1) is 17.3. The minimum Gasteiger partial charge on any atom is -0.338 e. The lowest BCUT2D eigenvalue weighted by molar-refractivity contribution is -0.136. The zero-order chi connectivity index (χ0) is 16.8. The van der Waals surface area contributed by atoms with E-state index in [1.165, 1.54) is 6.42 Å². The van der Waals surface area contributed by atoms with Crippen molar-refractivity contribution in [2.45, 2.75) is 58.2 Å². The number of benzene rings is 1. The summed E-state index contributed by atoms with van der Waals surface area (Å²) in [5.74, 6) is -0.000265. The van der Waals surface area contributed by atoms with Gasteiger partial charge in [0.1, 0.15) is 6.04 Å². The van der Waals surface area contributed by atoms with Crippen LogP contribution in [0.4, 0.5) is 4.79 Å². The molecule has 3 unspecified atom stereocenters. The summed E-state index contributed by atoms with van der Waals surface area (Å²) < 4.78 is 0. The van der Waals surface area contributed by atoms with E-state index in [1.807, 2.05) is 42.2 Å². The Morgan fingerprint density at radius 3 is 2.48 bits per heavy atom. The minimum atomic E-state index is -0.515. The summed E-state index contributed by atoms with van der Waals surface area (Å²) in [6, 6.07) is 9.08. The SMILES string of the molecule is CC(NC(=O)NC(C)c1ccccc1)C(=O)N1CCCCC1C. The maximum absolute atomic E-state index is 12.5. The van der Waals surface area contributed by atoms with Crippen molar-refractivity contribution in [3.05, 3.63) is 35.9 Å². The van der Waals surface area contributed by atoms with E-state index in [0.29, 0.717) is 0 Å². The fourth-order valence-electron chi connectivity index (χ4n) is 3.00. The maximum Gasteiger partial charge on any atom is 0.315 e. The Labute approximate surface area is 138 Å². The van der Waals surface area contributed by atoms with Crippen molar-refractivity contribution in [3.63, 3.8) is 0 Å². The largest absolute Gasteiger partial charge is 0.338 e. The predicted molar refractivity (Wildman–Crippen MR) is 91.0 cm³/mol. The van der Waals surface area contributed by atoms with Crippen molar-refractivity contribution in [3.8, 4) is 0 Å². The summed E-state index contributed by atoms with van der Waals surface area (Å²) in [6.07, 6.45) is 3.25. The zero-order valence-electron chi connectivity index (χ0n) is 14.2. The Balaban J connectivity index is 1.85. The quantitative estimate of drug-likeness (QED) is 0.897. The van der Waals surface area contributed by atoms with Crippen molar-refractivity contribution < 1.29 is 9.59 Å². The maximum atomic E-state index is 12.5. The molecule has 2 rings (SSSR count). The van der Waals surface area contributed by atoms with Crippen LogP contribution in [0.2, 0.25) is 0 Å². The third-order valence-electron chi connectivity index (χ3n) is 4.45. The van der Waals surface area contributed by atoms with Crippen LogP contribution in [-0.2, 0) is 4.79 Å². The number of amides is 3. The Kier molecular flexibility index (Phi) is 6.02. The fourth-order valence-corrected chi connectivity index (χ4v) is 3.00. The van der Waals surface area contributed by atoms with Crippen LogP contribution in [0.25, 0.3) is 0 Å². The molecular formula is C18H27N3O2. The summed E-state index contributed by atoms with van der Waals surface area (Å²) in [7, 11) is 0. The lowest BCUT2D eigenvalue weighted by Gasteiger charge is -2.35. The van der Waals surface area contributed by atoms with Gasteiger partial charge in [-0.2, -0.15) is 0 Å². The molecule has 0 saturated carbocycles. The monoisotopic (exact) mass is 317 g/mol. The van der Waals surface area contributed by atoms with E-state index in [-0.39, 0.29) is 24.0 Å². The summed E-state index contributed by atoms with van der Waals surface area (Å²) >= 11 is 0. The molecule has 1 heterocycles. The molecule has 0 spiro atoms. The second-order valence-electron chi connectivity index (χ2n) is 6.35. The lowest BCUT2D eigenvalue weighted by atomic mass is 10.0. The molecule has 2 N–H and O–H groups in total. The van der Waals surface area contributed by atoms with Crippen LogP contribution >= 0.6 is 0 Å². The fraction of sp³-hybridized carbons (Fsp3) is 0.556. The molecule has 3 atom stereocenters. The molecule has 1 aliphatic rings. The van der Waals surface area contributed by atoms with Gasteiger partial charge in [-0.1, -0.05) is 30.3 Å². The number of likely N-dealkylation sites (tertiary alicyclic amines) is 1. The number of rotatable bonds is 4. The van der Waals surface area contributed by atoms with E-state index in [2.05, 4.69) is 17.6 Å². The van der Waals surface area contributed by atoms with E-state index >= 15 is 0 Å². The first-order valence-electron chi connectivity index (χ1n) is 8.41. The van der Waals surface area contributed by atoms with E-state index in [1.54, 1.807) is 6.92 Å². The smallest absolute Gasteiger partial charge is 0.315 e. The second-order valence-corrected chi connectivity index (χ2v) is 6.35. The summed E-state index contributed by atoms with van der Waals surface area (Å²) in [4.78, 5) is 26.5. The van der Waals surface area contributed by atoms with E-state index in [0.717, 1.165) is 24.9 Å². The minimum absolute atomic E-state index is 0.000265. The molecule has 5 nitrogen and oxygen atoms in total. The molecule has 23 heavy (non-hydrogen) atoms. The highest BCUT2D eigenvalue weighted by atomic mass is 16.2. The molecule has 5 heteroatoms. The molecule has 126 valence electrons. The van der Waals surface area contributed by atoms with Crippen LogP contribution in [0.3, 0.4) is 0 Å². The first-order valence-corrected chi connectivity index (χ1v) is 8.41. The number of hydrogen-bond donors (Lipinski definition) is 2. The van der Waals surface area contributed by atoms with Gasteiger partial charge in [-0.3, -0.25) is 4.79 Å². The third-order valence-corrected chi connectivity index (χ3v) is 4.45. The average Bonchev–Trinajstić information content (AvgIpc) is 2.55. The van der Waals surface area contributed by atoms with Gasteiger partial charge in [-0.05, 0) is 45.6 Å². The van der Waals surface area contributed by atoms with Crippen LogP contribution in [0.1, 0.15) is 51.6 Å². The van der Waals surface area contributed by atoms with Crippen molar-refractivity contribution in [1.29, 1.82) is 0 Å². The van der Waals surface area contributed by atoms with Gasteiger partial charge in [-0.25, -0.2) is 4.79 Å². The molecular weight excluding hydrogens is 290 g/mol. The Hall–Kier alpha value is -2.04. The number of urea groups is 1. The first-order chi connectivity index (χ1) is 11.0. The van der Waals surface area contributed by atoms with E-state index in [4.69, 9.17) is 0 Å². The normalized spacial score (nSPS) is 20.5. The van der Waals surface area contributed by atoms with Gasteiger partial charge in [0.2, 0.25) is 5.91 Å². The molecule has 0 aliphatic carbocycles. The average molecular weight is 317 g/mol. The summed E-state index contributed by atoms with van der Waals surface area (Å²) in [5, 5.41) is 5.63. The number of carbonyl (C=O) groups excluding carboxylic acids is 2. The third kappa shape index (κ3) is 4.71. The van der Waals surface area contributed by atoms with Gasteiger partial charge >= 0.3 is 6.03 Å². The summed E-state index contributed by atoms with van der Waals surface area (Å²) in [5.41, 5.74) is 1.03. The van der Waals surface area contributed by atoms with Crippen LogP contribution in [-0.4, -0.2) is 35.5 Å². The van der Waals surface area contributed by atoms with E-state index in [9.17, 15) is 9.59 Å². The number of nitrogens with one attached hydrogen (secondary N) is 2. The van der Waals surface area contributed by atoms with Gasteiger partial charge < -0.3 is 15.5 Å². The predicted octanol–water partition coefficient (Wildman–Crippen LogP) is 2.84. The van der Waals surface area contributed by atoms with Crippen LogP contribution in [0.5, 0.6) is 0 Å². The molecule has 1 aromatic carbocycles. The van der Waals surface area contributed by atoms with Crippen LogP contribution < -0.4 is 10.6 Å². The Bertz CT molecular complexity index is 532. The van der Waals surface area contributed by atoms with Gasteiger partial charge in [0, 0.05) is 12.6 Å². The van der Waals surface area contributed by atoms with Crippen molar-refractivity contribution >= 4 is 11.9 Å². The number of nitrogens with zero attached hydrogens (tertiary/aromatic N) is 1. The number of carbonyl (C=O) groups is 2. The summed E-state index contributed by atoms with van der Waals surface area (Å²) in [6.45, 7) is 6.53. The van der Waals surface area contributed by atoms with Gasteiger partial charge in [0.25, 0.3) is 0 Å². The molecule has 0 radical (unpaired) electrons. The molecule has 3 amide bonds. The molecule has 1 saturated heterocycles. The molecule has 1 aromatic rings.